The Morgan fingerprint density at radius 1 is 1.25 bits per heavy atom. The van der Waals surface area contributed by atoms with Crippen molar-refractivity contribution in [2.75, 3.05) is 43.9 Å². The minimum Gasteiger partial charge on any atom is -0.399 e. The third kappa shape index (κ3) is 3.04. The molecule has 110 valence electrons. The first-order chi connectivity index (χ1) is 9.44. The van der Waals surface area contributed by atoms with E-state index in [0.29, 0.717) is 13.1 Å². The number of amides is 1. The maximum Gasteiger partial charge on any atom is 0.254 e. The summed E-state index contributed by atoms with van der Waals surface area (Å²) >= 11 is 0. The summed E-state index contributed by atoms with van der Waals surface area (Å²) in [6.45, 7) is 6.66. The van der Waals surface area contributed by atoms with E-state index < -0.39 is 5.60 Å². The van der Waals surface area contributed by atoms with Crippen molar-refractivity contribution in [1.29, 1.82) is 0 Å². The zero-order valence-electron chi connectivity index (χ0n) is 12.4. The molecule has 0 radical (unpaired) electrons. The third-order valence-corrected chi connectivity index (χ3v) is 3.83. The smallest absolute Gasteiger partial charge is 0.254 e. The number of nitrogen functional groups attached to an aromatic ring is 1. The van der Waals surface area contributed by atoms with Crippen molar-refractivity contribution in [3.63, 3.8) is 0 Å². The number of rotatable bonds is 3. The standard InChI is InChI=1S/C15H23N3O2/c1-15(2,20-3)14(19)18-9-7-17(8-10-18)13-6-4-5-12(16)11-13/h4-6,11H,7-10,16H2,1-3H3. The summed E-state index contributed by atoms with van der Waals surface area (Å²) < 4.78 is 5.26. The van der Waals surface area contributed by atoms with Gasteiger partial charge in [0.05, 0.1) is 0 Å². The van der Waals surface area contributed by atoms with Gasteiger partial charge in [-0.25, -0.2) is 0 Å². The van der Waals surface area contributed by atoms with Crippen molar-refractivity contribution in [2.45, 2.75) is 19.4 Å². The van der Waals surface area contributed by atoms with Gasteiger partial charge in [0.25, 0.3) is 5.91 Å². The van der Waals surface area contributed by atoms with Crippen LogP contribution in [0.1, 0.15) is 13.8 Å². The van der Waals surface area contributed by atoms with Crippen LogP contribution in [0.15, 0.2) is 24.3 Å². The molecular weight excluding hydrogens is 254 g/mol. The zero-order chi connectivity index (χ0) is 14.8. The Morgan fingerprint density at radius 2 is 1.90 bits per heavy atom. The number of piperazine rings is 1. The monoisotopic (exact) mass is 277 g/mol. The van der Waals surface area contributed by atoms with Crippen molar-refractivity contribution < 1.29 is 9.53 Å². The Labute approximate surface area is 120 Å². The highest BCUT2D eigenvalue weighted by Crippen LogP contribution is 2.20. The molecule has 1 amide bonds. The summed E-state index contributed by atoms with van der Waals surface area (Å²) in [7, 11) is 1.57. The van der Waals surface area contributed by atoms with Gasteiger partial charge in [0, 0.05) is 44.7 Å². The molecule has 0 saturated carbocycles. The molecule has 0 unspecified atom stereocenters. The third-order valence-electron chi connectivity index (χ3n) is 3.83. The molecule has 1 fully saturated rings. The zero-order valence-corrected chi connectivity index (χ0v) is 12.4. The van der Waals surface area contributed by atoms with E-state index in [-0.39, 0.29) is 5.91 Å². The molecule has 1 aromatic carbocycles. The Morgan fingerprint density at radius 3 is 2.45 bits per heavy atom. The first-order valence-electron chi connectivity index (χ1n) is 6.89. The van der Waals surface area contributed by atoms with Gasteiger partial charge in [-0.15, -0.1) is 0 Å². The highest BCUT2D eigenvalue weighted by atomic mass is 16.5. The molecule has 0 bridgehead atoms. The van der Waals surface area contributed by atoms with Crippen LogP contribution in [-0.4, -0.2) is 49.7 Å². The lowest BCUT2D eigenvalue weighted by molar-refractivity contribution is -0.151. The van der Waals surface area contributed by atoms with Crippen LogP contribution in [0.3, 0.4) is 0 Å². The second-order valence-electron chi connectivity index (χ2n) is 5.59. The van der Waals surface area contributed by atoms with E-state index in [1.165, 1.54) is 0 Å². The van der Waals surface area contributed by atoms with Crippen molar-refractivity contribution >= 4 is 17.3 Å². The van der Waals surface area contributed by atoms with Gasteiger partial charge in [0.1, 0.15) is 5.60 Å². The van der Waals surface area contributed by atoms with Crippen molar-refractivity contribution in [2.24, 2.45) is 0 Å². The number of benzene rings is 1. The van der Waals surface area contributed by atoms with Crippen LogP contribution in [0, 0.1) is 0 Å². The second-order valence-corrected chi connectivity index (χ2v) is 5.59. The lowest BCUT2D eigenvalue weighted by Crippen LogP contribution is -2.54. The van der Waals surface area contributed by atoms with Crippen LogP contribution in [0.5, 0.6) is 0 Å². The lowest BCUT2D eigenvalue weighted by Gasteiger charge is -2.39. The first kappa shape index (κ1) is 14.7. The molecule has 0 aliphatic carbocycles. The Balaban J connectivity index is 1.98. The molecule has 5 heteroatoms. The SMILES string of the molecule is COC(C)(C)C(=O)N1CCN(c2cccc(N)c2)CC1. The quantitative estimate of drug-likeness (QED) is 0.847. The topological polar surface area (TPSA) is 58.8 Å². The van der Waals surface area contributed by atoms with Crippen molar-refractivity contribution in [3.8, 4) is 0 Å². The maximum atomic E-state index is 12.3. The van der Waals surface area contributed by atoms with E-state index in [1.54, 1.807) is 21.0 Å². The van der Waals surface area contributed by atoms with Gasteiger partial charge in [0.2, 0.25) is 0 Å². The second kappa shape index (κ2) is 5.71. The molecule has 1 aromatic rings. The van der Waals surface area contributed by atoms with Crippen LogP contribution in [0.25, 0.3) is 0 Å². The minimum absolute atomic E-state index is 0.0484. The average Bonchev–Trinajstić information content (AvgIpc) is 2.46. The molecule has 0 aromatic heterocycles. The van der Waals surface area contributed by atoms with E-state index in [4.69, 9.17) is 10.5 Å². The summed E-state index contributed by atoms with van der Waals surface area (Å²) in [5.41, 5.74) is 6.94. The molecule has 5 nitrogen and oxygen atoms in total. The molecule has 2 rings (SSSR count). The fourth-order valence-corrected chi connectivity index (χ4v) is 2.36. The molecule has 1 aliphatic heterocycles. The number of hydrogen-bond acceptors (Lipinski definition) is 4. The van der Waals surface area contributed by atoms with Crippen molar-refractivity contribution in [3.05, 3.63) is 24.3 Å². The van der Waals surface area contributed by atoms with Gasteiger partial charge in [-0.05, 0) is 32.0 Å². The summed E-state index contributed by atoms with van der Waals surface area (Å²) in [6, 6.07) is 7.85. The number of carbonyl (C=O) groups is 1. The number of ether oxygens (including phenoxy) is 1. The predicted molar refractivity (Wildman–Crippen MR) is 80.7 cm³/mol. The fraction of sp³-hybridized carbons (Fsp3) is 0.533. The number of anilines is 2. The number of hydrogen-bond donors (Lipinski definition) is 1. The number of carbonyl (C=O) groups excluding carboxylic acids is 1. The van der Waals surface area contributed by atoms with Crippen LogP contribution >= 0.6 is 0 Å². The van der Waals surface area contributed by atoms with Gasteiger partial charge in [-0.2, -0.15) is 0 Å². The molecule has 0 spiro atoms. The Bertz CT molecular complexity index is 480. The minimum atomic E-state index is -0.751. The lowest BCUT2D eigenvalue weighted by atomic mass is 10.1. The summed E-state index contributed by atoms with van der Waals surface area (Å²) in [4.78, 5) is 16.4. The molecule has 20 heavy (non-hydrogen) atoms. The Kier molecular flexibility index (Phi) is 4.18. The molecule has 2 N–H and O–H groups in total. The van der Waals surface area contributed by atoms with Gasteiger partial charge in [-0.3, -0.25) is 4.79 Å². The largest absolute Gasteiger partial charge is 0.399 e. The van der Waals surface area contributed by atoms with Gasteiger partial charge in [-0.1, -0.05) is 6.07 Å². The first-order valence-corrected chi connectivity index (χ1v) is 6.89. The summed E-state index contributed by atoms with van der Waals surface area (Å²) in [5, 5.41) is 0. The Hall–Kier alpha value is -1.75. The molecule has 1 saturated heterocycles. The van der Waals surface area contributed by atoms with E-state index in [0.717, 1.165) is 24.5 Å². The van der Waals surface area contributed by atoms with Gasteiger partial charge in [0.15, 0.2) is 0 Å². The molecule has 0 atom stereocenters. The highest BCUT2D eigenvalue weighted by Gasteiger charge is 2.33. The molecular formula is C15H23N3O2. The van der Waals surface area contributed by atoms with E-state index >= 15 is 0 Å². The van der Waals surface area contributed by atoms with Crippen LogP contribution in [-0.2, 0) is 9.53 Å². The highest BCUT2D eigenvalue weighted by molar-refractivity contribution is 5.84. The van der Waals surface area contributed by atoms with Gasteiger partial charge >= 0.3 is 0 Å². The van der Waals surface area contributed by atoms with E-state index in [9.17, 15) is 4.79 Å². The molecule has 1 heterocycles. The molecule has 1 aliphatic rings. The van der Waals surface area contributed by atoms with Crippen LogP contribution in [0.2, 0.25) is 0 Å². The number of nitrogens with two attached hydrogens (primary N) is 1. The summed E-state index contributed by atoms with van der Waals surface area (Å²) in [6.07, 6.45) is 0. The fourth-order valence-electron chi connectivity index (χ4n) is 2.36. The number of nitrogens with zero attached hydrogens (tertiary/aromatic N) is 2. The maximum absolute atomic E-state index is 12.3. The normalized spacial score (nSPS) is 16.4. The average molecular weight is 277 g/mol. The number of methoxy groups -OCH3 is 1. The predicted octanol–water partition coefficient (Wildman–Crippen LogP) is 1.34. The van der Waals surface area contributed by atoms with Gasteiger partial charge < -0.3 is 20.3 Å². The van der Waals surface area contributed by atoms with E-state index in [2.05, 4.69) is 4.90 Å². The van der Waals surface area contributed by atoms with Crippen LogP contribution < -0.4 is 10.6 Å². The van der Waals surface area contributed by atoms with Crippen molar-refractivity contribution in [1.82, 2.24) is 4.90 Å². The van der Waals surface area contributed by atoms with Crippen LogP contribution in [0.4, 0.5) is 11.4 Å². The van der Waals surface area contributed by atoms with E-state index in [1.807, 2.05) is 29.2 Å². The summed E-state index contributed by atoms with van der Waals surface area (Å²) in [5.74, 6) is 0.0484.